The normalized spacial score (nSPS) is 11.6. The van der Waals surface area contributed by atoms with Crippen LogP contribution in [-0.4, -0.2) is 15.5 Å². The zero-order chi connectivity index (χ0) is 18.1. The van der Waals surface area contributed by atoms with Crippen LogP contribution < -0.4 is 9.46 Å². The van der Waals surface area contributed by atoms with Crippen LogP contribution in [0.4, 0.5) is 0 Å². The maximum atomic E-state index is 12.7. The topological polar surface area (TPSA) is 55.4 Å². The lowest BCUT2D eigenvalue weighted by Gasteiger charge is -2.16. The number of halogens is 2. The zero-order valence-electron chi connectivity index (χ0n) is 13.9. The first kappa shape index (κ1) is 19.1. The third-order valence-electron chi connectivity index (χ3n) is 3.92. The molecule has 0 unspecified atom stereocenters. The molecule has 130 valence electrons. The summed E-state index contributed by atoms with van der Waals surface area (Å²) in [6.07, 6.45) is 0. The minimum atomic E-state index is -3.67. The van der Waals surface area contributed by atoms with Gasteiger partial charge < -0.3 is 4.74 Å². The molecule has 7 heteroatoms. The Morgan fingerprint density at radius 2 is 1.71 bits per heavy atom. The number of aryl methyl sites for hydroxylation is 1. The van der Waals surface area contributed by atoms with Crippen molar-refractivity contribution in [3.05, 3.63) is 56.6 Å². The van der Waals surface area contributed by atoms with Gasteiger partial charge in [-0.1, -0.05) is 29.3 Å². The molecule has 0 saturated carbocycles. The molecule has 4 nitrogen and oxygen atoms in total. The largest absolute Gasteiger partial charge is 0.496 e. The quantitative estimate of drug-likeness (QED) is 0.826. The van der Waals surface area contributed by atoms with E-state index in [1.54, 1.807) is 45.2 Å². The molecule has 0 saturated heterocycles. The van der Waals surface area contributed by atoms with Gasteiger partial charge in [0.15, 0.2) is 0 Å². The number of methoxy groups -OCH3 is 1. The van der Waals surface area contributed by atoms with Crippen LogP contribution in [0.5, 0.6) is 5.75 Å². The SMILES string of the molecule is COc1cc(C)c(S(=O)(=O)NCc2ccc(Cl)c(Cl)c2)c(C)c1C. The van der Waals surface area contributed by atoms with E-state index in [1.807, 2.05) is 6.92 Å². The van der Waals surface area contributed by atoms with Crippen molar-refractivity contribution >= 4 is 33.2 Å². The van der Waals surface area contributed by atoms with Crippen molar-refractivity contribution in [2.45, 2.75) is 32.2 Å². The lowest BCUT2D eigenvalue weighted by Crippen LogP contribution is -2.25. The van der Waals surface area contributed by atoms with E-state index in [9.17, 15) is 8.42 Å². The zero-order valence-corrected chi connectivity index (χ0v) is 16.2. The maximum Gasteiger partial charge on any atom is 0.241 e. The smallest absolute Gasteiger partial charge is 0.241 e. The van der Waals surface area contributed by atoms with E-state index in [0.29, 0.717) is 26.9 Å². The summed E-state index contributed by atoms with van der Waals surface area (Å²) in [6.45, 7) is 5.50. The number of sulfonamides is 1. The fourth-order valence-corrected chi connectivity index (χ4v) is 4.41. The number of rotatable bonds is 5. The lowest BCUT2D eigenvalue weighted by atomic mass is 10.1. The number of hydrogen-bond donors (Lipinski definition) is 1. The number of hydrogen-bond acceptors (Lipinski definition) is 3. The van der Waals surface area contributed by atoms with E-state index in [1.165, 1.54) is 0 Å². The molecular formula is C17H19Cl2NO3S. The molecule has 2 aromatic rings. The third-order valence-corrected chi connectivity index (χ3v) is 6.35. The minimum absolute atomic E-state index is 0.128. The number of ether oxygens (including phenoxy) is 1. The van der Waals surface area contributed by atoms with Crippen LogP contribution in [0, 0.1) is 20.8 Å². The van der Waals surface area contributed by atoms with Gasteiger partial charge in [-0.25, -0.2) is 13.1 Å². The van der Waals surface area contributed by atoms with E-state index < -0.39 is 10.0 Å². The predicted octanol–water partition coefficient (Wildman–Crippen LogP) is 4.41. The molecule has 0 aliphatic rings. The van der Waals surface area contributed by atoms with Gasteiger partial charge in [0.1, 0.15) is 5.75 Å². The van der Waals surface area contributed by atoms with E-state index in [0.717, 1.165) is 11.1 Å². The van der Waals surface area contributed by atoms with Crippen LogP contribution in [0.3, 0.4) is 0 Å². The molecule has 0 heterocycles. The molecular weight excluding hydrogens is 369 g/mol. The Labute approximate surface area is 152 Å². The van der Waals surface area contributed by atoms with E-state index >= 15 is 0 Å². The summed E-state index contributed by atoms with van der Waals surface area (Å²) in [5.74, 6) is 0.674. The van der Waals surface area contributed by atoms with Crippen LogP contribution in [0.2, 0.25) is 10.0 Å². The van der Waals surface area contributed by atoms with Gasteiger partial charge in [-0.2, -0.15) is 0 Å². The van der Waals surface area contributed by atoms with Crippen LogP contribution in [0.25, 0.3) is 0 Å². The highest BCUT2D eigenvalue weighted by Crippen LogP contribution is 2.30. The van der Waals surface area contributed by atoms with Crippen molar-refractivity contribution < 1.29 is 13.2 Å². The van der Waals surface area contributed by atoms with Crippen LogP contribution in [-0.2, 0) is 16.6 Å². The highest BCUT2D eigenvalue weighted by Gasteiger charge is 2.22. The number of benzene rings is 2. The molecule has 0 aliphatic carbocycles. The summed E-state index contributed by atoms with van der Waals surface area (Å²) in [6, 6.07) is 6.75. The van der Waals surface area contributed by atoms with E-state index in [2.05, 4.69) is 4.72 Å². The van der Waals surface area contributed by atoms with Crippen molar-refractivity contribution in [1.29, 1.82) is 0 Å². The third kappa shape index (κ3) is 3.86. The van der Waals surface area contributed by atoms with Crippen molar-refractivity contribution in [1.82, 2.24) is 4.72 Å². The van der Waals surface area contributed by atoms with Crippen LogP contribution in [0.15, 0.2) is 29.2 Å². The Hall–Kier alpha value is -1.27. The molecule has 0 bridgehead atoms. The Bertz CT molecular complexity index is 880. The first-order valence-corrected chi connectivity index (χ1v) is 9.49. The first-order valence-electron chi connectivity index (χ1n) is 7.25. The average Bonchev–Trinajstić information content (AvgIpc) is 2.52. The van der Waals surface area contributed by atoms with Crippen molar-refractivity contribution in [3.63, 3.8) is 0 Å². The Balaban J connectivity index is 2.34. The molecule has 0 radical (unpaired) electrons. The summed E-state index contributed by atoms with van der Waals surface area (Å²) in [5, 5.41) is 0.821. The number of nitrogens with one attached hydrogen (secondary N) is 1. The molecule has 0 aromatic heterocycles. The Morgan fingerprint density at radius 1 is 1.04 bits per heavy atom. The van der Waals surface area contributed by atoms with Gasteiger partial charge >= 0.3 is 0 Å². The Kier molecular flexibility index (Phi) is 5.81. The average molecular weight is 388 g/mol. The van der Waals surface area contributed by atoms with Crippen LogP contribution >= 0.6 is 23.2 Å². The highest BCUT2D eigenvalue weighted by molar-refractivity contribution is 7.89. The fourth-order valence-electron chi connectivity index (χ4n) is 2.55. The highest BCUT2D eigenvalue weighted by atomic mass is 35.5. The summed E-state index contributed by atoms with van der Waals surface area (Å²) in [4.78, 5) is 0.279. The van der Waals surface area contributed by atoms with Crippen molar-refractivity contribution in [3.8, 4) is 5.75 Å². The van der Waals surface area contributed by atoms with Gasteiger partial charge in [-0.15, -0.1) is 0 Å². The monoisotopic (exact) mass is 387 g/mol. The molecule has 0 fully saturated rings. The van der Waals surface area contributed by atoms with Crippen LogP contribution in [0.1, 0.15) is 22.3 Å². The predicted molar refractivity (Wildman–Crippen MR) is 97.7 cm³/mol. The summed E-state index contributed by atoms with van der Waals surface area (Å²) in [7, 11) is -2.10. The standard InChI is InChI=1S/C17H19Cl2NO3S/c1-10-7-16(23-4)11(2)12(3)17(10)24(21,22)20-9-13-5-6-14(18)15(19)8-13/h5-8,20H,9H2,1-4H3. The van der Waals surface area contributed by atoms with Gasteiger partial charge in [0.2, 0.25) is 10.0 Å². The molecule has 0 atom stereocenters. The van der Waals surface area contributed by atoms with Crippen molar-refractivity contribution in [2.24, 2.45) is 0 Å². The van der Waals surface area contributed by atoms with Gasteiger partial charge in [0.05, 0.1) is 22.1 Å². The minimum Gasteiger partial charge on any atom is -0.496 e. The van der Waals surface area contributed by atoms with E-state index in [-0.39, 0.29) is 11.4 Å². The summed E-state index contributed by atoms with van der Waals surface area (Å²) >= 11 is 11.8. The summed E-state index contributed by atoms with van der Waals surface area (Å²) in [5.41, 5.74) is 2.84. The fraction of sp³-hybridized carbons (Fsp3) is 0.294. The van der Waals surface area contributed by atoms with Gasteiger partial charge in [0, 0.05) is 6.54 Å². The summed E-state index contributed by atoms with van der Waals surface area (Å²) < 4.78 is 33.4. The van der Waals surface area contributed by atoms with Crippen molar-refractivity contribution in [2.75, 3.05) is 7.11 Å². The molecule has 1 N–H and O–H groups in total. The molecule has 0 spiro atoms. The molecule has 2 rings (SSSR count). The Morgan fingerprint density at radius 3 is 2.29 bits per heavy atom. The van der Waals surface area contributed by atoms with Gasteiger partial charge in [0.25, 0.3) is 0 Å². The molecule has 0 aliphatic heterocycles. The second-order valence-electron chi connectivity index (χ2n) is 5.55. The lowest BCUT2D eigenvalue weighted by molar-refractivity contribution is 0.410. The van der Waals surface area contributed by atoms with E-state index in [4.69, 9.17) is 27.9 Å². The van der Waals surface area contributed by atoms with Gasteiger partial charge in [-0.05, 0) is 61.2 Å². The second kappa shape index (κ2) is 7.31. The molecule has 24 heavy (non-hydrogen) atoms. The maximum absolute atomic E-state index is 12.7. The van der Waals surface area contributed by atoms with Gasteiger partial charge in [-0.3, -0.25) is 0 Å². The first-order chi connectivity index (χ1) is 11.2. The molecule has 0 amide bonds. The molecule has 2 aromatic carbocycles. The second-order valence-corrected chi connectivity index (χ2v) is 8.07.